The molecule has 0 radical (unpaired) electrons. The van der Waals surface area contributed by atoms with Gasteiger partial charge >= 0.3 is 12.0 Å². The van der Waals surface area contributed by atoms with Crippen LogP contribution in [0.15, 0.2) is 29.5 Å². The van der Waals surface area contributed by atoms with Gasteiger partial charge in [0.15, 0.2) is 11.5 Å². The number of carbonyl (C=O) groups excluding carboxylic acids is 2. The quantitative estimate of drug-likeness (QED) is 0.679. The molecule has 2 amide bonds. The Balaban J connectivity index is 2.62. The van der Waals surface area contributed by atoms with E-state index in [1.807, 2.05) is 19.9 Å². The van der Waals surface area contributed by atoms with Crippen molar-refractivity contribution < 1.29 is 23.8 Å². The van der Waals surface area contributed by atoms with Gasteiger partial charge in [0.25, 0.3) is 0 Å². The van der Waals surface area contributed by atoms with Crippen LogP contribution >= 0.6 is 0 Å². The second kappa shape index (κ2) is 9.30. The van der Waals surface area contributed by atoms with Gasteiger partial charge < -0.3 is 24.8 Å². The molecule has 1 aliphatic rings. The maximum atomic E-state index is 12.9. The normalized spacial score (nSPS) is 16.7. The third kappa shape index (κ3) is 4.72. The van der Waals surface area contributed by atoms with E-state index in [1.165, 1.54) is 0 Å². The number of esters is 1. The number of urea groups is 1. The summed E-state index contributed by atoms with van der Waals surface area (Å²) in [5.41, 5.74) is 1.61. The molecule has 1 unspecified atom stereocenters. The zero-order chi connectivity index (χ0) is 20.0. The standard InChI is InChI=1S/C20H28N2O5/c1-6-9-14-16(19(23)27-12(3)4)17(22-20(24)21-14)13-10-8-11-15(25-5)18(13)26-7-2/h8,10-12,17H,6-7,9H2,1-5H3,(H2,21,22,24). The van der Waals surface area contributed by atoms with Gasteiger partial charge in [0.05, 0.1) is 31.4 Å². The molecule has 148 valence electrons. The van der Waals surface area contributed by atoms with Crippen LogP contribution in [0.4, 0.5) is 4.79 Å². The predicted molar refractivity (Wildman–Crippen MR) is 102 cm³/mol. The summed E-state index contributed by atoms with van der Waals surface area (Å²) in [6.45, 7) is 7.85. The Labute approximate surface area is 160 Å². The summed E-state index contributed by atoms with van der Waals surface area (Å²) in [5.74, 6) is 0.576. The fourth-order valence-electron chi connectivity index (χ4n) is 3.04. The molecule has 7 heteroatoms. The first-order valence-corrected chi connectivity index (χ1v) is 9.24. The van der Waals surface area contributed by atoms with Gasteiger partial charge in [-0.25, -0.2) is 9.59 Å². The van der Waals surface area contributed by atoms with E-state index in [2.05, 4.69) is 10.6 Å². The minimum Gasteiger partial charge on any atom is -0.493 e. The third-order valence-corrected chi connectivity index (χ3v) is 4.05. The summed E-state index contributed by atoms with van der Waals surface area (Å²) in [7, 11) is 1.55. The first kappa shape index (κ1) is 20.6. The van der Waals surface area contributed by atoms with Gasteiger partial charge in [0.1, 0.15) is 0 Å². The highest BCUT2D eigenvalue weighted by atomic mass is 16.5. The highest BCUT2D eigenvalue weighted by Crippen LogP contribution is 2.39. The average Bonchev–Trinajstić information content (AvgIpc) is 2.61. The fourth-order valence-corrected chi connectivity index (χ4v) is 3.04. The van der Waals surface area contributed by atoms with Crippen LogP contribution in [0.5, 0.6) is 11.5 Å². The average molecular weight is 376 g/mol. The number of hydrogen-bond donors (Lipinski definition) is 2. The SMILES string of the molecule is CCCC1=C(C(=O)OC(C)C)C(c2cccc(OC)c2OCC)NC(=O)N1. The number of allylic oxidation sites excluding steroid dienone is 1. The molecule has 0 bridgehead atoms. The summed E-state index contributed by atoms with van der Waals surface area (Å²) in [5, 5.41) is 5.59. The minimum absolute atomic E-state index is 0.275. The van der Waals surface area contributed by atoms with Crippen LogP contribution in [0.25, 0.3) is 0 Å². The second-order valence-corrected chi connectivity index (χ2v) is 6.44. The third-order valence-electron chi connectivity index (χ3n) is 4.05. The molecule has 7 nitrogen and oxygen atoms in total. The van der Waals surface area contributed by atoms with Crippen LogP contribution in [-0.4, -0.2) is 31.8 Å². The number of amides is 2. The fraction of sp³-hybridized carbons (Fsp3) is 0.500. The lowest BCUT2D eigenvalue weighted by atomic mass is 9.93. The van der Waals surface area contributed by atoms with Gasteiger partial charge in [0, 0.05) is 11.3 Å². The van der Waals surface area contributed by atoms with E-state index in [-0.39, 0.29) is 12.1 Å². The van der Waals surface area contributed by atoms with Crippen molar-refractivity contribution in [1.29, 1.82) is 0 Å². The topological polar surface area (TPSA) is 85.9 Å². The van der Waals surface area contributed by atoms with Crippen molar-refractivity contribution >= 4 is 12.0 Å². The van der Waals surface area contributed by atoms with Crippen molar-refractivity contribution in [3.8, 4) is 11.5 Å². The monoisotopic (exact) mass is 376 g/mol. The molecule has 0 aromatic heterocycles. The molecule has 1 aliphatic heterocycles. The van der Waals surface area contributed by atoms with Crippen LogP contribution < -0.4 is 20.1 Å². The first-order valence-electron chi connectivity index (χ1n) is 9.24. The largest absolute Gasteiger partial charge is 0.493 e. The number of rotatable bonds is 8. The van der Waals surface area contributed by atoms with E-state index in [4.69, 9.17) is 14.2 Å². The van der Waals surface area contributed by atoms with E-state index < -0.39 is 12.0 Å². The predicted octanol–water partition coefficient (Wildman–Crippen LogP) is 3.45. The Morgan fingerprint density at radius 2 is 2.00 bits per heavy atom. The Morgan fingerprint density at radius 1 is 1.26 bits per heavy atom. The molecule has 0 spiro atoms. The molecule has 2 rings (SSSR count). The Bertz CT molecular complexity index is 727. The van der Waals surface area contributed by atoms with Crippen molar-refractivity contribution in [2.45, 2.75) is 52.7 Å². The Morgan fingerprint density at radius 3 is 2.59 bits per heavy atom. The summed E-state index contributed by atoms with van der Waals surface area (Å²) in [4.78, 5) is 25.1. The van der Waals surface area contributed by atoms with Gasteiger partial charge in [-0.15, -0.1) is 0 Å². The summed E-state index contributed by atoms with van der Waals surface area (Å²) < 4.78 is 16.6. The van der Waals surface area contributed by atoms with Crippen molar-refractivity contribution in [3.05, 3.63) is 35.0 Å². The molecule has 27 heavy (non-hydrogen) atoms. The Hall–Kier alpha value is -2.70. The number of nitrogens with one attached hydrogen (secondary N) is 2. The molecule has 0 fully saturated rings. The molecular formula is C20H28N2O5. The molecular weight excluding hydrogens is 348 g/mol. The number of para-hydroxylation sites is 1. The summed E-state index contributed by atoms with van der Waals surface area (Å²) in [6.07, 6.45) is 1.06. The lowest BCUT2D eigenvalue weighted by molar-refractivity contribution is -0.143. The first-order chi connectivity index (χ1) is 12.9. The highest BCUT2D eigenvalue weighted by molar-refractivity contribution is 5.95. The van der Waals surface area contributed by atoms with E-state index in [0.29, 0.717) is 41.4 Å². The number of ether oxygens (including phenoxy) is 3. The van der Waals surface area contributed by atoms with Crippen molar-refractivity contribution in [2.24, 2.45) is 0 Å². The molecule has 2 N–H and O–H groups in total. The van der Waals surface area contributed by atoms with Gasteiger partial charge in [0.2, 0.25) is 0 Å². The maximum absolute atomic E-state index is 12.9. The van der Waals surface area contributed by atoms with Crippen molar-refractivity contribution in [1.82, 2.24) is 10.6 Å². The van der Waals surface area contributed by atoms with Crippen molar-refractivity contribution in [2.75, 3.05) is 13.7 Å². The van der Waals surface area contributed by atoms with Gasteiger partial charge in [-0.2, -0.15) is 0 Å². The number of methoxy groups -OCH3 is 1. The molecule has 1 atom stereocenters. The number of carbonyl (C=O) groups is 2. The van der Waals surface area contributed by atoms with Crippen LogP contribution in [0, 0.1) is 0 Å². The molecule has 0 saturated carbocycles. The lowest BCUT2D eigenvalue weighted by Gasteiger charge is -2.31. The van der Waals surface area contributed by atoms with E-state index in [1.54, 1.807) is 33.1 Å². The van der Waals surface area contributed by atoms with Crippen LogP contribution in [0.1, 0.15) is 52.1 Å². The smallest absolute Gasteiger partial charge is 0.338 e. The lowest BCUT2D eigenvalue weighted by Crippen LogP contribution is -2.46. The number of benzene rings is 1. The summed E-state index contributed by atoms with van der Waals surface area (Å²) >= 11 is 0. The molecule has 1 aromatic rings. The van der Waals surface area contributed by atoms with Crippen LogP contribution in [0.3, 0.4) is 0 Å². The summed E-state index contributed by atoms with van der Waals surface area (Å²) in [6, 6.07) is 4.34. The second-order valence-electron chi connectivity index (χ2n) is 6.44. The zero-order valence-corrected chi connectivity index (χ0v) is 16.5. The number of hydrogen-bond acceptors (Lipinski definition) is 5. The van der Waals surface area contributed by atoms with E-state index in [0.717, 1.165) is 6.42 Å². The van der Waals surface area contributed by atoms with Gasteiger partial charge in [-0.1, -0.05) is 25.5 Å². The van der Waals surface area contributed by atoms with Crippen LogP contribution in [-0.2, 0) is 9.53 Å². The zero-order valence-electron chi connectivity index (χ0n) is 16.5. The minimum atomic E-state index is -0.691. The maximum Gasteiger partial charge on any atom is 0.338 e. The van der Waals surface area contributed by atoms with E-state index in [9.17, 15) is 9.59 Å². The highest BCUT2D eigenvalue weighted by Gasteiger charge is 2.36. The van der Waals surface area contributed by atoms with Gasteiger partial charge in [-0.05, 0) is 33.3 Å². The Kier molecular flexibility index (Phi) is 7.10. The van der Waals surface area contributed by atoms with Crippen molar-refractivity contribution in [3.63, 3.8) is 0 Å². The van der Waals surface area contributed by atoms with E-state index >= 15 is 0 Å². The molecule has 0 aliphatic carbocycles. The molecule has 1 aromatic carbocycles. The molecule has 1 heterocycles. The van der Waals surface area contributed by atoms with Crippen LogP contribution in [0.2, 0.25) is 0 Å². The van der Waals surface area contributed by atoms with Gasteiger partial charge in [-0.3, -0.25) is 0 Å². The molecule has 0 saturated heterocycles.